The molecule has 27 heavy (non-hydrogen) atoms. The Morgan fingerprint density at radius 3 is 2.89 bits per heavy atom. The molecule has 1 aliphatic rings. The van der Waals surface area contributed by atoms with Gasteiger partial charge in [-0.25, -0.2) is 0 Å². The molecule has 2 aromatic rings. The van der Waals surface area contributed by atoms with Crippen LogP contribution in [-0.2, 0) is 11.8 Å². The second kappa shape index (κ2) is 9.80. The van der Waals surface area contributed by atoms with Crippen molar-refractivity contribution in [1.82, 2.24) is 20.0 Å². The molecular formula is C20H29N5OS. The van der Waals surface area contributed by atoms with E-state index >= 15 is 0 Å². The number of hydrogen-bond donors (Lipinski definition) is 1. The number of guanidine groups is 1. The van der Waals surface area contributed by atoms with E-state index in [-0.39, 0.29) is 6.10 Å². The van der Waals surface area contributed by atoms with Crippen molar-refractivity contribution in [3.63, 3.8) is 0 Å². The first-order chi connectivity index (χ1) is 13.2. The number of ether oxygens (including phenoxy) is 1. The Labute approximate surface area is 166 Å². The van der Waals surface area contributed by atoms with Crippen LogP contribution in [0.5, 0.6) is 0 Å². The fourth-order valence-electron chi connectivity index (χ4n) is 3.03. The van der Waals surface area contributed by atoms with Gasteiger partial charge < -0.3 is 15.0 Å². The summed E-state index contributed by atoms with van der Waals surface area (Å²) in [7, 11) is 1.93. The van der Waals surface area contributed by atoms with Crippen molar-refractivity contribution in [2.24, 2.45) is 12.0 Å². The van der Waals surface area contributed by atoms with E-state index in [1.807, 2.05) is 35.9 Å². The zero-order chi connectivity index (χ0) is 19.1. The predicted molar refractivity (Wildman–Crippen MR) is 111 cm³/mol. The Balaban J connectivity index is 1.56. The van der Waals surface area contributed by atoms with Gasteiger partial charge >= 0.3 is 0 Å². The highest BCUT2D eigenvalue weighted by Crippen LogP contribution is 2.22. The van der Waals surface area contributed by atoms with Gasteiger partial charge in [0.25, 0.3) is 0 Å². The molecule has 1 atom stereocenters. The fraction of sp³-hybridized carbons (Fsp3) is 0.500. The number of nitrogens with zero attached hydrogens (tertiary/aromatic N) is 4. The Kier molecular flexibility index (Phi) is 7.18. The Hall–Kier alpha value is -1.99. The second-order valence-electron chi connectivity index (χ2n) is 6.65. The highest BCUT2D eigenvalue weighted by atomic mass is 32.2. The van der Waals surface area contributed by atoms with Gasteiger partial charge in [-0.3, -0.25) is 9.67 Å². The number of aromatic nitrogens is 2. The summed E-state index contributed by atoms with van der Waals surface area (Å²) in [5, 5.41) is 7.69. The molecule has 0 bridgehead atoms. The molecule has 0 aliphatic carbocycles. The van der Waals surface area contributed by atoms with Gasteiger partial charge in [0.15, 0.2) is 5.96 Å². The first kappa shape index (κ1) is 19.8. The lowest BCUT2D eigenvalue weighted by Gasteiger charge is -2.34. The zero-order valence-electron chi connectivity index (χ0n) is 16.4. The lowest BCUT2D eigenvalue weighted by Crippen LogP contribution is -2.48. The van der Waals surface area contributed by atoms with Gasteiger partial charge in [-0.1, -0.05) is 17.7 Å². The first-order valence-electron chi connectivity index (χ1n) is 9.48. The second-order valence-corrected chi connectivity index (χ2v) is 7.82. The van der Waals surface area contributed by atoms with Gasteiger partial charge in [-0.05, 0) is 26.0 Å². The maximum atomic E-state index is 5.95. The molecule has 1 N–H and O–H groups in total. The van der Waals surface area contributed by atoms with Gasteiger partial charge in [0, 0.05) is 42.5 Å². The Morgan fingerprint density at radius 2 is 2.19 bits per heavy atom. The predicted octanol–water partition coefficient (Wildman–Crippen LogP) is 2.86. The summed E-state index contributed by atoms with van der Waals surface area (Å²) < 4.78 is 7.77. The van der Waals surface area contributed by atoms with Crippen LogP contribution in [0.3, 0.4) is 0 Å². The van der Waals surface area contributed by atoms with E-state index in [1.54, 1.807) is 0 Å². The molecule has 2 heterocycles. The van der Waals surface area contributed by atoms with Crippen molar-refractivity contribution >= 4 is 17.7 Å². The van der Waals surface area contributed by atoms with E-state index in [1.165, 1.54) is 10.5 Å². The summed E-state index contributed by atoms with van der Waals surface area (Å²) in [6.45, 7) is 8.21. The average Bonchev–Trinajstić information content (AvgIpc) is 3.12. The number of hydrogen-bond acceptors (Lipinski definition) is 4. The standard InChI is InChI=1S/C20H29N5OS/c1-4-21-20(22-9-12-27-18-7-5-16(2)6-8-18)25-10-11-26-19(15-25)17-13-23-24(3)14-17/h5-8,13-14,19H,4,9-12,15H2,1-3H3,(H,21,22). The molecule has 0 spiro atoms. The Bertz CT molecular complexity index is 743. The van der Waals surface area contributed by atoms with Crippen LogP contribution in [0, 0.1) is 6.92 Å². The molecule has 3 rings (SSSR count). The molecular weight excluding hydrogens is 358 g/mol. The molecule has 0 radical (unpaired) electrons. The summed E-state index contributed by atoms with van der Waals surface area (Å²) >= 11 is 1.85. The molecule has 1 fully saturated rings. The third kappa shape index (κ3) is 5.74. The fourth-order valence-corrected chi connectivity index (χ4v) is 3.77. The Morgan fingerprint density at radius 1 is 1.37 bits per heavy atom. The van der Waals surface area contributed by atoms with Crippen LogP contribution in [-0.4, -0.2) is 59.2 Å². The highest BCUT2D eigenvalue weighted by molar-refractivity contribution is 7.99. The molecule has 1 aromatic heterocycles. The van der Waals surface area contributed by atoms with E-state index in [9.17, 15) is 0 Å². The number of morpholine rings is 1. The molecule has 1 unspecified atom stereocenters. The molecule has 0 saturated carbocycles. The number of benzene rings is 1. The van der Waals surface area contributed by atoms with Gasteiger partial charge in [0.2, 0.25) is 0 Å². The quantitative estimate of drug-likeness (QED) is 0.357. The number of rotatable bonds is 6. The summed E-state index contributed by atoms with van der Waals surface area (Å²) in [6.07, 6.45) is 3.95. The van der Waals surface area contributed by atoms with Crippen LogP contribution < -0.4 is 5.32 Å². The SMILES string of the molecule is CCNC(=NCCSc1ccc(C)cc1)N1CCOC(c2cnn(C)c2)C1. The molecule has 0 amide bonds. The summed E-state index contributed by atoms with van der Waals surface area (Å²) in [5.74, 6) is 1.94. The van der Waals surface area contributed by atoms with Gasteiger partial charge in [0.1, 0.15) is 6.10 Å². The van der Waals surface area contributed by atoms with Gasteiger partial charge in [0.05, 0.1) is 25.9 Å². The first-order valence-corrected chi connectivity index (χ1v) is 10.5. The minimum Gasteiger partial charge on any atom is -0.370 e. The molecule has 1 aromatic carbocycles. The van der Waals surface area contributed by atoms with Crippen LogP contribution in [0.4, 0.5) is 0 Å². The van der Waals surface area contributed by atoms with E-state index < -0.39 is 0 Å². The lowest BCUT2D eigenvalue weighted by atomic mass is 10.1. The number of aliphatic imine (C=N–C) groups is 1. The third-order valence-electron chi connectivity index (χ3n) is 4.44. The van der Waals surface area contributed by atoms with Crippen molar-refractivity contribution in [3.05, 3.63) is 47.8 Å². The van der Waals surface area contributed by atoms with Crippen molar-refractivity contribution in [1.29, 1.82) is 0 Å². The van der Waals surface area contributed by atoms with Crippen molar-refractivity contribution < 1.29 is 4.74 Å². The van der Waals surface area contributed by atoms with Crippen LogP contribution in [0.1, 0.15) is 24.2 Å². The highest BCUT2D eigenvalue weighted by Gasteiger charge is 2.25. The minimum atomic E-state index is 0.0400. The molecule has 7 heteroatoms. The number of aryl methyl sites for hydroxylation is 2. The molecule has 1 aliphatic heterocycles. The van der Waals surface area contributed by atoms with Gasteiger partial charge in [-0.2, -0.15) is 5.10 Å². The topological polar surface area (TPSA) is 54.7 Å². The molecule has 6 nitrogen and oxygen atoms in total. The van der Waals surface area contributed by atoms with E-state index in [0.717, 1.165) is 43.5 Å². The van der Waals surface area contributed by atoms with Crippen molar-refractivity contribution in [3.8, 4) is 0 Å². The smallest absolute Gasteiger partial charge is 0.194 e. The number of nitrogens with one attached hydrogen (secondary N) is 1. The third-order valence-corrected chi connectivity index (χ3v) is 5.43. The van der Waals surface area contributed by atoms with E-state index in [0.29, 0.717) is 6.61 Å². The number of thioether (sulfide) groups is 1. The zero-order valence-corrected chi connectivity index (χ0v) is 17.2. The van der Waals surface area contributed by atoms with Crippen LogP contribution in [0.15, 0.2) is 46.5 Å². The monoisotopic (exact) mass is 387 g/mol. The molecule has 1 saturated heterocycles. The maximum absolute atomic E-state index is 5.95. The maximum Gasteiger partial charge on any atom is 0.194 e. The van der Waals surface area contributed by atoms with Crippen LogP contribution in [0.2, 0.25) is 0 Å². The molecule has 146 valence electrons. The van der Waals surface area contributed by atoms with E-state index in [2.05, 4.69) is 53.4 Å². The largest absolute Gasteiger partial charge is 0.370 e. The average molecular weight is 388 g/mol. The summed E-state index contributed by atoms with van der Waals surface area (Å²) in [4.78, 5) is 8.43. The van der Waals surface area contributed by atoms with Crippen molar-refractivity contribution in [2.45, 2.75) is 24.8 Å². The minimum absolute atomic E-state index is 0.0400. The summed E-state index contributed by atoms with van der Waals surface area (Å²) in [5.41, 5.74) is 2.41. The van der Waals surface area contributed by atoms with Gasteiger partial charge in [-0.15, -0.1) is 11.8 Å². The normalized spacial score (nSPS) is 18.0. The lowest BCUT2D eigenvalue weighted by molar-refractivity contribution is -0.00802. The van der Waals surface area contributed by atoms with Crippen LogP contribution in [0.25, 0.3) is 0 Å². The van der Waals surface area contributed by atoms with E-state index in [4.69, 9.17) is 9.73 Å². The van der Waals surface area contributed by atoms with Crippen molar-refractivity contribution in [2.75, 3.05) is 38.5 Å². The van der Waals surface area contributed by atoms with Crippen LogP contribution >= 0.6 is 11.8 Å². The summed E-state index contributed by atoms with van der Waals surface area (Å²) in [6, 6.07) is 8.66.